The van der Waals surface area contributed by atoms with Gasteiger partial charge in [-0.25, -0.2) is 0 Å². The summed E-state index contributed by atoms with van der Waals surface area (Å²) in [5.74, 6) is 0.724. The van der Waals surface area contributed by atoms with Crippen LogP contribution in [0.25, 0.3) is 0 Å². The first-order valence-electron chi connectivity index (χ1n) is 6.88. The van der Waals surface area contributed by atoms with Crippen LogP contribution in [0.15, 0.2) is 24.3 Å². The molecule has 1 aromatic carbocycles. The first-order chi connectivity index (χ1) is 9.97. The SMILES string of the molecule is CC(=O)CCC(=O)CCC(=O)CCOc1cccc(I)c1. The van der Waals surface area contributed by atoms with Crippen molar-refractivity contribution in [3.8, 4) is 5.75 Å². The third-order valence-corrected chi connectivity index (χ3v) is 3.56. The Kier molecular flexibility index (Phi) is 8.19. The van der Waals surface area contributed by atoms with Gasteiger partial charge in [-0.05, 0) is 47.7 Å². The highest BCUT2D eigenvalue weighted by molar-refractivity contribution is 14.1. The van der Waals surface area contributed by atoms with Crippen LogP contribution in [0.2, 0.25) is 0 Å². The molecule has 0 spiro atoms. The molecule has 0 N–H and O–H groups in total. The van der Waals surface area contributed by atoms with Crippen molar-refractivity contribution >= 4 is 39.9 Å². The summed E-state index contributed by atoms with van der Waals surface area (Å²) in [6, 6.07) is 7.60. The molecule has 4 nitrogen and oxygen atoms in total. The third-order valence-electron chi connectivity index (χ3n) is 2.88. The fourth-order valence-corrected chi connectivity index (χ4v) is 2.20. The standard InChI is InChI=1S/C16H19IO4/c1-12(18)5-6-14(19)7-8-15(20)9-10-21-16-4-2-3-13(17)11-16/h2-4,11H,5-10H2,1H3. The zero-order valence-corrected chi connectivity index (χ0v) is 14.2. The Morgan fingerprint density at radius 3 is 2.24 bits per heavy atom. The average molecular weight is 402 g/mol. The summed E-state index contributed by atoms with van der Waals surface area (Å²) >= 11 is 2.19. The molecule has 0 saturated heterocycles. The predicted molar refractivity (Wildman–Crippen MR) is 88.4 cm³/mol. The van der Waals surface area contributed by atoms with Crippen LogP contribution in [0.4, 0.5) is 0 Å². The molecule has 5 heteroatoms. The molecule has 0 aromatic heterocycles. The molecule has 0 saturated carbocycles. The molecule has 1 aromatic rings. The fraction of sp³-hybridized carbons (Fsp3) is 0.438. The monoisotopic (exact) mass is 402 g/mol. The van der Waals surface area contributed by atoms with Gasteiger partial charge in [-0.15, -0.1) is 0 Å². The van der Waals surface area contributed by atoms with Crippen LogP contribution in [0, 0.1) is 3.57 Å². The Hall–Kier alpha value is -1.24. The first-order valence-corrected chi connectivity index (χ1v) is 7.96. The van der Waals surface area contributed by atoms with Gasteiger partial charge in [0.05, 0.1) is 6.61 Å². The van der Waals surface area contributed by atoms with Crippen molar-refractivity contribution in [2.24, 2.45) is 0 Å². The molecule has 114 valence electrons. The smallest absolute Gasteiger partial charge is 0.136 e. The van der Waals surface area contributed by atoms with Gasteiger partial charge < -0.3 is 9.53 Å². The Labute approximate surface area is 138 Å². The van der Waals surface area contributed by atoms with Crippen molar-refractivity contribution in [2.75, 3.05) is 6.61 Å². The minimum Gasteiger partial charge on any atom is -0.493 e. The number of rotatable bonds is 10. The van der Waals surface area contributed by atoms with Gasteiger partial charge in [-0.1, -0.05) is 6.07 Å². The van der Waals surface area contributed by atoms with Gasteiger partial charge in [-0.3, -0.25) is 9.59 Å². The van der Waals surface area contributed by atoms with Gasteiger partial charge >= 0.3 is 0 Å². The highest BCUT2D eigenvalue weighted by Gasteiger charge is 2.08. The molecule has 0 atom stereocenters. The lowest BCUT2D eigenvalue weighted by atomic mass is 10.1. The van der Waals surface area contributed by atoms with Gasteiger partial charge in [0.2, 0.25) is 0 Å². The quantitative estimate of drug-likeness (QED) is 0.564. The molecular formula is C16H19IO4. The lowest BCUT2D eigenvalue weighted by molar-refractivity contribution is -0.125. The van der Waals surface area contributed by atoms with Crippen LogP contribution in [0.5, 0.6) is 5.75 Å². The van der Waals surface area contributed by atoms with E-state index < -0.39 is 0 Å². The number of hydrogen-bond acceptors (Lipinski definition) is 4. The number of hydrogen-bond donors (Lipinski definition) is 0. The van der Waals surface area contributed by atoms with E-state index in [1.807, 2.05) is 24.3 Å². The highest BCUT2D eigenvalue weighted by atomic mass is 127. The largest absolute Gasteiger partial charge is 0.493 e. The molecule has 0 aliphatic carbocycles. The molecule has 0 bridgehead atoms. The van der Waals surface area contributed by atoms with E-state index in [1.54, 1.807) is 0 Å². The van der Waals surface area contributed by atoms with Crippen molar-refractivity contribution in [1.29, 1.82) is 0 Å². The maximum absolute atomic E-state index is 11.6. The van der Waals surface area contributed by atoms with Crippen molar-refractivity contribution in [1.82, 2.24) is 0 Å². The number of carbonyl (C=O) groups excluding carboxylic acids is 3. The Bertz CT molecular complexity index is 511. The molecule has 0 unspecified atom stereocenters. The number of ether oxygens (including phenoxy) is 1. The van der Waals surface area contributed by atoms with Crippen LogP contribution in [-0.4, -0.2) is 24.0 Å². The third kappa shape index (κ3) is 8.60. The van der Waals surface area contributed by atoms with Crippen molar-refractivity contribution in [3.05, 3.63) is 27.8 Å². The summed E-state index contributed by atoms with van der Waals surface area (Å²) < 4.78 is 6.56. The van der Waals surface area contributed by atoms with Gasteiger partial charge in [0.1, 0.15) is 23.1 Å². The average Bonchev–Trinajstić information content (AvgIpc) is 2.43. The molecule has 0 aliphatic heterocycles. The van der Waals surface area contributed by atoms with E-state index in [-0.39, 0.29) is 43.0 Å². The van der Waals surface area contributed by atoms with E-state index in [0.29, 0.717) is 13.0 Å². The van der Waals surface area contributed by atoms with E-state index in [9.17, 15) is 14.4 Å². The summed E-state index contributed by atoms with van der Waals surface area (Å²) in [7, 11) is 0. The molecular weight excluding hydrogens is 383 g/mol. The van der Waals surface area contributed by atoms with Gasteiger partial charge in [-0.2, -0.15) is 0 Å². The Morgan fingerprint density at radius 1 is 1.00 bits per heavy atom. The number of benzene rings is 1. The van der Waals surface area contributed by atoms with E-state index in [0.717, 1.165) is 9.32 Å². The van der Waals surface area contributed by atoms with E-state index in [1.165, 1.54) is 6.92 Å². The van der Waals surface area contributed by atoms with E-state index in [4.69, 9.17) is 4.74 Å². The lowest BCUT2D eigenvalue weighted by Crippen LogP contribution is -2.09. The minimum absolute atomic E-state index is 0.000528. The summed E-state index contributed by atoms with van der Waals surface area (Å²) in [4.78, 5) is 33.8. The second-order valence-corrected chi connectivity index (χ2v) is 6.08. The number of carbonyl (C=O) groups is 3. The molecule has 0 radical (unpaired) electrons. The molecule has 0 amide bonds. The maximum atomic E-state index is 11.6. The number of ketones is 3. The molecule has 0 heterocycles. The first kappa shape index (κ1) is 17.8. The topological polar surface area (TPSA) is 60.4 Å². The lowest BCUT2D eigenvalue weighted by Gasteiger charge is -2.06. The van der Waals surface area contributed by atoms with Gasteiger partial charge in [0.15, 0.2) is 0 Å². The van der Waals surface area contributed by atoms with Crippen LogP contribution in [-0.2, 0) is 14.4 Å². The van der Waals surface area contributed by atoms with Crippen molar-refractivity contribution in [3.63, 3.8) is 0 Å². The van der Waals surface area contributed by atoms with Gasteiger partial charge in [0.25, 0.3) is 0 Å². The minimum atomic E-state index is -0.0305. The number of halogens is 1. The number of Topliss-reactive ketones (excluding diaryl/α,β-unsaturated/α-hetero) is 3. The van der Waals surface area contributed by atoms with Crippen LogP contribution >= 0.6 is 22.6 Å². The summed E-state index contributed by atoms with van der Waals surface area (Å²) in [5, 5.41) is 0. The normalized spacial score (nSPS) is 10.2. The van der Waals surface area contributed by atoms with E-state index in [2.05, 4.69) is 22.6 Å². The zero-order valence-electron chi connectivity index (χ0n) is 12.1. The Balaban J connectivity index is 2.16. The highest BCUT2D eigenvalue weighted by Crippen LogP contribution is 2.15. The summed E-state index contributed by atoms with van der Waals surface area (Å²) in [5.41, 5.74) is 0. The van der Waals surface area contributed by atoms with Crippen LogP contribution < -0.4 is 4.74 Å². The second-order valence-electron chi connectivity index (χ2n) is 4.84. The van der Waals surface area contributed by atoms with Crippen LogP contribution in [0.1, 0.15) is 39.0 Å². The summed E-state index contributed by atoms with van der Waals surface area (Å²) in [6.07, 6.45) is 1.25. The molecule has 21 heavy (non-hydrogen) atoms. The van der Waals surface area contributed by atoms with Gasteiger partial charge in [0, 0.05) is 35.7 Å². The maximum Gasteiger partial charge on any atom is 0.136 e. The molecule has 0 fully saturated rings. The molecule has 0 aliphatic rings. The van der Waals surface area contributed by atoms with Crippen LogP contribution in [0.3, 0.4) is 0 Å². The second kappa shape index (κ2) is 9.65. The molecule has 1 rings (SSSR count). The Morgan fingerprint density at radius 2 is 1.62 bits per heavy atom. The zero-order chi connectivity index (χ0) is 15.7. The predicted octanol–water partition coefficient (Wildman–Crippen LogP) is 3.35. The summed E-state index contributed by atoms with van der Waals surface area (Å²) in [6.45, 7) is 1.78. The van der Waals surface area contributed by atoms with Crippen molar-refractivity contribution < 1.29 is 19.1 Å². The van der Waals surface area contributed by atoms with Crippen molar-refractivity contribution in [2.45, 2.75) is 39.0 Å². The van der Waals surface area contributed by atoms with E-state index >= 15 is 0 Å². The fourth-order valence-electron chi connectivity index (χ4n) is 1.68.